The molecular weight excluding hydrogens is 360 g/mol. The van der Waals surface area contributed by atoms with Crippen LogP contribution in [0, 0.1) is 0 Å². The van der Waals surface area contributed by atoms with Crippen molar-refractivity contribution in [2.45, 2.75) is 9.92 Å². The average Bonchev–Trinajstić information content (AvgIpc) is 2.97. The van der Waals surface area contributed by atoms with E-state index in [9.17, 15) is 8.42 Å². The van der Waals surface area contributed by atoms with Crippen molar-refractivity contribution < 1.29 is 8.42 Å². The first-order valence-corrected chi connectivity index (χ1v) is 10.3. The second-order valence-electron chi connectivity index (χ2n) is 4.44. The summed E-state index contributed by atoms with van der Waals surface area (Å²) in [7, 11) is -3.31. The summed E-state index contributed by atoms with van der Waals surface area (Å²) >= 11 is 8.77. The van der Waals surface area contributed by atoms with Crippen LogP contribution in [0.2, 0.25) is 5.02 Å². The fourth-order valence-electron chi connectivity index (χ4n) is 1.88. The van der Waals surface area contributed by atoms with Gasteiger partial charge in [0.05, 0.1) is 20.9 Å². The highest BCUT2D eigenvalue weighted by atomic mass is 35.5. The molecule has 0 aliphatic rings. The summed E-state index contributed by atoms with van der Waals surface area (Å²) in [5.74, 6) is 0.491. The van der Waals surface area contributed by atoms with E-state index in [0.717, 1.165) is 15.2 Å². The van der Waals surface area contributed by atoms with Crippen LogP contribution in [0.1, 0.15) is 0 Å². The van der Waals surface area contributed by atoms with E-state index in [4.69, 9.17) is 11.6 Å². The molecule has 0 saturated heterocycles. The maximum atomic E-state index is 12.3. The van der Waals surface area contributed by atoms with Gasteiger partial charge < -0.3 is 0 Å². The van der Waals surface area contributed by atoms with Crippen LogP contribution < -0.4 is 0 Å². The third-order valence-corrected chi connectivity index (χ3v) is 7.25. The van der Waals surface area contributed by atoms with E-state index in [1.807, 2.05) is 11.4 Å². The van der Waals surface area contributed by atoms with Crippen molar-refractivity contribution >= 4 is 54.8 Å². The smallest absolute Gasteiger partial charge is 0.179 e. The van der Waals surface area contributed by atoms with Crippen LogP contribution >= 0.6 is 34.7 Å². The molecule has 0 aliphatic carbocycles. The minimum Gasteiger partial charge on any atom is -0.235 e. The lowest BCUT2D eigenvalue weighted by Gasteiger charge is -2.05. The van der Waals surface area contributed by atoms with Crippen LogP contribution in [0.3, 0.4) is 0 Å². The number of nitrogens with zero attached hydrogens (tertiary/aromatic N) is 2. The van der Waals surface area contributed by atoms with Gasteiger partial charge in [-0.05, 0) is 35.7 Å². The van der Waals surface area contributed by atoms with Gasteiger partial charge in [-0.3, -0.25) is 0 Å². The molecule has 0 aliphatic heterocycles. The van der Waals surface area contributed by atoms with E-state index in [2.05, 4.69) is 9.97 Å². The first-order valence-electron chi connectivity index (χ1n) is 6.35. The molecule has 0 N–H and O–H groups in total. The van der Waals surface area contributed by atoms with Gasteiger partial charge in [-0.2, -0.15) is 0 Å². The second-order valence-corrected chi connectivity index (χ2v) is 8.98. The van der Waals surface area contributed by atoms with Crippen molar-refractivity contribution in [1.82, 2.24) is 9.97 Å². The normalized spacial score (nSPS) is 11.9. The zero-order chi connectivity index (χ0) is 15.6. The molecule has 114 valence electrons. The number of halogens is 1. The van der Waals surface area contributed by atoms with Crippen molar-refractivity contribution in [1.29, 1.82) is 0 Å². The van der Waals surface area contributed by atoms with Crippen molar-refractivity contribution in [3.63, 3.8) is 0 Å². The summed E-state index contributed by atoms with van der Waals surface area (Å²) in [4.78, 5) is 8.70. The largest absolute Gasteiger partial charge is 0.235 e. The number of fused-ring (bicyclic) bond motifs is 1. The number of hydrogen-bond donors (Lipinski definition) is 0. The van der Waals surface area contributed by atoms with Gasteiger partial charge in [0.1, 0.15) is 11.4 Å². The molecule has 3 rings (SSSR count). The molecule has 3 aromatic rings. The van der Waals surface area contributed by atoms with E-state index >= 15 is 0 Å². The molecule has 1 aromatic carbocycles. The summed E-state index contributed by atoms with van der Waals surface area (Å²) in [5, 5.41) is 3.30. The minimum absolute atomic E-state index is 0.0518. The van der Waals surface area contributed by atoms with Crippen LogP contribution in [0.25, 0.3) is 10.2 Å². The molecule has 22 heavy (non-hydrogen) atoms. The van der Waals surface area contributed by atoms with Crippen LogP contribution in [-0.4, -0.2) is 29.9 Å². The number of aromatic nitrogens is 2. The second kappa shape index (κ2) is 6.54. The highest BCUT2D eigenvalue weighted by Gasteiger charge is 2.15. The zero-order valence-electron chi connectivity index (χ0n) is 11.3. The molecule has 0 unspecified atom stereocenters. The lowest BCUT2D eigenvalue weighted by Crippen LogP contribution is -2.08. The maximum absolute atomic E-state index is 12.3. The summed E-state index contributed by atoms with van der Waals surface area (Å²) in [6.45, 7) is 0. The van der Waals surface area contributed by atoms with Gasteiger partial charge in [0.15, 0.2) is 9.84 Å². The number of hydrogen-bond acceptors (Lipinski definition) is 6. The topological polar surface area (TPSA) is 59.9 Å². The maximum Gasteiger partial charge on any atom is 0.179 e. The molecule has 0 saturated carbocycles. The summed E-state index contributed by atoms with van der Waals surface area (Å²) < 4.78 is 25.5. The number of thiophene rings is 1. The average molecular weight is 371 g/mol. The third kappa shape index (κ3) is 3.43. The summed E-state index contributed by atoms with van der Waals surface area (Å²) in [5.41, 5.74) is 0.892. The Morgan fingerprint density at radius 1 is 1.14 bits per heavy atom. The molecular formula is C14H11ClN2O2S3. The molecule has 2 aromatic heterocycles. The molecule has 0 bridgehead atoms. The number of rotatable bonds is 5. The third-order valence-electron chi connectivity index (χ3n) is 2.97. The standard InChI is InChI=1S/C14H11ClN2O2S3/c15-10-1-3-11(4-2-10)22(18,19)8-7-21-14-13-12(5-6-20-13)16-9-17-14/h1-6,9H,7-8H2. The Hall–Kier alpha value is -1.15. The Kier molecular flexibility index (Phi) is 4.67. The van der Waals surface area contributed by atoms with Crippen molar-refractivity contribution in [3.8, 4) is 0 Å². The van der Waals surface area contributed by atoms with Crippen molar-refractivity contribution in [3.05, 3.63) is 47.1 Å². The zero-order valence-corrected chi connectivity index (χ0v) is 14.5. The number of sulfone groups is 1. The summed E-state index contributed by atoms with van der Waals surface area (Å²) in [6, 6.07) is 8.16. The predicted octanol–water partition coefficient (Wildman–Crippen LogP) is 3.91. The number of benzene rings is 1. The van der Waals surface area contributed by atoms with E-state index in [-0.39, 0.29) is 5.75 Å². The lowest BCUT2D eigenvalue weighted by molar-refractivity contribution is 0.597. The molecule has 0 radical (unpaired) electrons. The Bertz CT molecular complexity index is 892. The Labute approximate surface area is 141 Å². The van der Waals surface area contributed by atoms with Gasteiger partial charge in [-0.15, -0.1) is 23.1 Å². The predicted molar refractivity (Wildman–Crippen MR) is 91.6 cm³/mol. The number of thioether (sulfide) groups is 1. The van der Waals surface area contributed by atoms with Crippen molar-refractivity contribution in [2.75, 3.05) is 11.5 Å². The molecule has 0 amide bonds. The van der Waals surface area contributed by atoms with Crippen LogP contribution in [0.5, 0.6) is 0 Å². The Morgan fingerprint density at radius 3 is 2.68 bits per heavy atom. The molecule has 0 spiro atoms. The van der Waals surface area contributed by atoms with E-state index in [1.54, 1.807) is 23.5 Å². The Morgan fingerprint density at radius 2 is 1.91 bits per heavy atom. The lowest BCUT2D eigenvalue weighted by atomic mass is 10.4. The molecule has 0 atom stereocenters. The van der Waals surface area contributed by atoms with Crippen LogP contribution in [0.4, 0.5) is 0 Å². The molecule has 8 heteroatoms. The molecule has 4 nitrogen and oxygen atoms in total. The first kappa shape index (κ1) is 15.7. The first-order chi connectivity index (χ1) is 10.6. The van der Waals surface area contributed by atoms with Crippen molar-refractivity contribution in [2.24, 2.45) is 0 Å². The fraction of sp³-hybridized carbons (Fsp3) is 0.143. The van der Waals surface area contributed by atoms with Crippen LogP contribution in [0.15, 0.2) is 52.0 Å². The van der Waals surface area contributed by atoms with Gasteiger partial charge in [0.25, 0.3) is 0 Å². The molecule has 2 heterocycles. The highest BCUT2D eigenvalue weighted by Crippen LogP contribution is 2.29. The van der Waals surface area contributed by atoms with E-state index in [1.165, 1.54) is 30.2 Å². The molecule has 0 fully saturated rings. The van der Waals surface area contributed by atoms with Gasteiger partial charge in [0.2, 0.25) is 0 Å². The van der Waals surface area contributed by atoms with Gasteiger partial charge in [-0.25, -0.2) is 18.4 Å². The van der Waals surface area contributed by atoms with Gasteiger partial charge >= 0.3 is 0 Å². The highest BCUT2D eigenvalue weighted by molar-refractivity contribution is 8.01. The van der Waals surface area contributed by atoms with Gasteiger partial charge in [0, 0.05) is 10.8 Å². The van der Waals surface area contributed by atoms with Crippen LogP contribution in [-0.2, 0) is 9.84 Å². The summed E-state index contributed by atoms with van der Waals surface area (Å²) in [6.07, 6.45) is 1.51. The van der Waals surface area contributed by atoms with E-state index < -0.39 is 9.84 Å². The van der Waals surface area contributed by atoms with E-state index in [0.29, 0.717) is 15.7 Å². The minimum atomic E-state index is -3.31. The van der Waals surface area contributed by atoms with Gasteiger partial charge in [-0.1, -0.05) is 11.6 Å². The Balaban J connectivity index is 1.70. The fourth-order valence-corrected chi connectivity index (χ4v) is 5.60. The quantitative estimate of drug-likeness (QED) is 0.503. The SMILES string of the molecule is O=S(=O)(CCSc1ncnc2ccsc12)c1ccc(Cl)cc1. The monoisotopic (exact) mass is 370 g/mol.